The molecule has 19 heavy (non-hydrogen) atoms. The molecule has 1 aromatic carbocycles. The van der Waals surface area contributed by atoms with E-state index in [1.807, 2.05) is 43.5 Å². The number of benzene rings is 1. The molecule has 0 saturated carbocycles. The summed E-state index contributed by atoms with van der Waals surface area (Å²) >= 11 is 1.50. The van der Waals surface area contributed by atoms with Gasteiger partial charge in [-0.25, -0.2) is 4.98 Å². The normalized spacial score (nSPS) is 10.2. The van der Waals surface area contributed by atoms with Crippen LogP contribution in [0.3, 0.4) is 0 Å². The molecule has 1 heterocycles. The van der Waals surface area contributed by atoms with Gasteiger partial charge in [-0.2, -0.15) is 0 Å². The van der Waals surface area contributed by atoms with Crippen LogP contribution in [0.5, 0.6) is 5.75 Å². The topological polar surface area (TPSA) is 51.2 Å². The number of carbonyl (C=O) groups is 1. The predicted octanol–water partition coefficient (Wildman–Crippen LogP) is 3.03. The lowest BCUT2D eigenvalue weighted by molar-refractivity contribution is -0.115. The molecule has 0 fully saturated rings. The summed E-state index contributed by atoms with van der Waals surface area (Å²) in [4.78, 5) is 16.2. The number of rotatable bonds is 5. The Labute approximate surface area is 116 Å². The molecular formula is C14H16N2O2S. The number of aryl methyl sites for hydroxylation is 1. The highest BCUT2D eigenvalue weighted by Gasteiger charge is 2.10. The summed E-state index contributed by atoms with van der Waals surface area (Å²) in [6.07, 6.45) is 0.291. The number of para-hydroxylation sites is 2. The zero-order valence-corrected chi connectivity index (χ0v) is 11.8. The first-order valence-electron chi connectivity index (χ1n) is 6.11. The van der Waals surface area contributed by atoms with Crippen LogP contribution in [-0.2, 0) is 11.2 Å². The van der Waals surface area contributed by atoms with Gasteiger partial charge in [0.1, 0.15) is 10.8 Å². The molecule has 2 rings (SSSR count). The second-order valence-electron chi connectivity index (χ2n) is 4.04. The molecule has 0 bridgehead atoms. The molecule has 100 valence electrons. The molecule has 5 heteroatoms. The van der Waals surface area contributed by atoms with E-state index in [-0.39, 0.29) is 5.91 Å². The van der Waals surface area contributed by atoms with Gasteiger partial charge in [0, 0.05) is 11.1 Å². The van der Waals surface area contributed by atoms with E-state index in [9.17, 15) is 4.79 Å². The van der Waals surface area contributed by atoms with Crippen molar-refractivity contribution in [2.45, 2.75) is 20.3 Å². The summed E-state index contributed by atoms with van der Waals surface area (Å²) in [5, 5.41) is 5.62. The van der Waals surface area contributed by atoms with Crippen molar-refractivity contribution in [3.05, 3.63) is 40.3 Å². The van der Waals surface area contributed by atoms with Gasteiger partial charge in [0.05, 0.1) is 18.7 Å². The first-order valence-corrected chi connectivity index (χ1v) is 6.99. The van der Waals surface area contributed by atoms with Gasteiger partial charge in [-0.1, -0.05) is 12.1 Å². The number of nitrogens with one attached hydrogen (secondary N) is 1. The second kappa shape index (κ2) is 6.33. The van der Waals surface area contributed by atoms with Gasteiger partial charge >= 0.3 is 0 Å². The molecule has 4 nitrogen and oxygen atoms in total. The van der Waals surface area contributed by atoms with Crippen molar-refractivity contribution in [1.82, 2.24) is 4.98 Å². The number of amides is 1. The Hall–Kier alpha value is -1.88. The standard InChI is InChI=1S/C14H16N2O2S/c1-3-18-12-7-5-4-6-11(12)16-13(17)8-14-15-10(2)9-19-14/h4-7,9H,3,8H2,1-2H3,(H,16,17). The number of nitrogens with zero attached hydrogens (tertiary/aromatic N) is 1. The fourth-order valence-corrected chi connectivity index (χ4v) is 2.44. The third-order valence-electron chi connectivity index (χ3n) is 2.44. The van der Waals surface area contributed by atoms with Crippen LogP contribution in [0.2, 0.25) is 0 Å². The zero-order valence-electron chi connectivity index (χ0n) is 11.0. The highest BCUT2D eigenvalue weighted by Crippen LogP contribution is 2.23. The van der Waals surface area contributed by atoms with E-state index < -0.39 is 0 Å². The van der Waals surface area contributed by atoms with Crippen LogP contribution in [-0.4, -0.2) is 17.5 Å². The van der Waals surface area contributed by atoms with E-state index in [1.54, 1.807) is 0 Å². The minimum atomic E-state index is -0.0819. The molecule has 0 spiro atoms. The van der Waals surface area contributed by atoms with E-state index in [0.29, 0.717) is 24.5 Å². The Morgan fingerprint density at radius 2 is 2.21 bits per heavy atom. The van der Waals surface area contributed by atoms with Gasteiger partial charge in [0.2, 0.25) is 5.91 Å². The fourth-order valence-electron chi connectivity index (χ4n) is 1.67. The number of anilines is 1. The quantitative estimate of drug-likeness (QED) is 0.913. The molecule has 0 saturated heterocycles. The van der Waals surface area contributed by atoms with Gasteiger partial charge in [-0.15, -0.1) is 11.3 Å². The Kier molecular flexibility index (Phi) is 4.52. The molecular weight excluding hydrogens is 260 g/mol. The minimum absolute atomic E-state index is 0.0819. The van der Waals surface area contributed by atoms with Crippen molar-refractivity contribution in [3.8, 4) is 5.75 Å². The number of hydrogen-bond acceptors (Lipinski definition) is 4. The van der Waals surface area contributed by atoms with Gasteiger partial charge in [0.25, 0.3) is 0 Å². The number of ether oxygens (including phenoxy) is 1. The second-order valence-corrected chi connectivity index (χ2v) is 4.98. The molecule has 1 aromatic heterocycles. The zero-order chi connectivity index (χ0) is 13.7. The molecule has 1 amide bonds. The minimum Gasteiger partial charge on any atom is -0.492 e. The van der Waals surface area contributed by atoms with Crippen LogP contribution in [0.1, 0.15) is 17.6 Å². The van der Waals surface area contributed by atoms with Crippen LogP contribution >= 0.6 is 11.3 Å². The van der Waals surface area contributed by atoms with E-state index in [2.05, 4.69) is 10.3 Å². The molecule has 0 aliphatic rings. The van der Waals surface area contributed by atoms with Crippen molar-refractivity contribution in [1.29, 1.82) is 0 Å². The number of carbonyl (C=O) groups excluding carboxylic acids is 1. The maximum atomic E-state index is 11.9. The third kappa shape index (κ3) is 3.79. The van der Waals surface area contributed by atoms with Gasteiger partial charge in [-0.05, 0) is 26.0 Å². The van der Waals surface area contributed by atoms with E-state index >= 15 is 0 Å². The van der Waals surface area contributed by atoms with Crippen LogP contribution in [0.15, 0.2) is 29.6 Å². The first kappa shape index (κ1) is 13.5. The maximum Gasteiger partial charge on any atom is 0.231 e. The smallest absolute Gasteiger partial charge is 0.231 e. The Balaban J connectivity index is 2.02. The van der Waals surface area contributed by atoms with Crippen LogP contribution in [0.25, 0.3) is 0 Å². The Bertz CT molecular complexity index is 566. The van der Waals surface area contributed by atoms with Crippen molar-refractivity contribution < 1.29 is 9.53 Å². The summed E-state index contributed by atoms with van der Waals surface area (Å²) in [5.74, 6) is 0.607. The lowest BCUT2D eigenvalue weighted by atomic mass is 10.3. The number of thiazole rings is 1. The largest absolute Gasteiger partial charge is 0.492 e. The van der Waals surface area contributed by atoms with Gasteiger partial charge < -0.3 is 10.1 Å². The molecule has 0 radical (unpaired) electrons. The predicted molar refractivity (Wildman–Crippen MR) is 76.8 cm³/mol. The van der Waals surface area contributed by atoms with Crippen LogP contribution < -0.4 is 10.1 Å². The average Bonchev–Trinajstić information content (AvgIpc) is 2.77. The summed E-state index contributed by atoms with van der Waals surface area (Å²) in [6.45, 7) is 4.40. The van der Waals surface area contributed by atoms with Crippen LogP contribution in [0, 0.1) is 6.92 Å². The molecule has 0 aliphatic heterocycles. The average molecular weight is 276 g/mol. The molecule has 2 aromatic rings. The molecule has 1 N–H and O–H groups in total. The monoisotopic (exact) mass is 276 g/mol. The van der Waals surface area contributed by atoms with Crippen molar-refractivity contribution in [2.24, 2.45) is 0 Å². The Morgan fingerprint density at radius 3 is 2.89 bits per heavy atom. The van der Waals surface area contributed by atoms with E-state index in [1.165, 1.54) is 11.3 Å². The molecule has 0 atom stereocenters. The summed E-state index contributed by atoms with van der Waals surface area (Å²) < 4.78 is 5.46. The molecule has 0 unspecified atom stereocenters. The van der Waals surface area contributed by atoms with Gasteiger partial charge in [0.15, 0.2) is 0 Å². The number of hydrogen-bond donors (Lipinski definition) is 1. The van der Waals surface area contributed by atoms with E-state index in [0.717, 1.165) is 10.7 Å². The Morgan fingerprint density at radius 1 is 1.42 bits per heavy atom. The van der Waals surface area contributed by atoms with Crippen molar-refractivity contribution in [3.63, 3.8) is 0 Å². The SMILES string of the molecule is CCOc1ccccc1NC(=O)Cc1nc(C)cs1. The fraction of sp³-hybridized carbons (Fsp3) is 0.286. The lowest BCUT2D eigenvalue weighted by Gasteiger charge is -2.10. The summed E-state index contributed by atoms with van der Waals surface area (Å²) in [7, 11) is 0. The summed E-state index contributed by atoms with van der Waals surface area (Å²) in [6, 6.07) is 7.42. The first-order chi connectivity index (χ1) is 9.19. The number of aromatic nitrogens is 1. The van der Waals surface area contributed by atoms with Crippen molar-refractivity contribution >= 4 is 22.9 Å². The lowest BCUT2D eigenvalue weighted by Crippen LogP contribution is -2.15. The molecule has 0 aliphatic carbocycles. The highest BCUT2D eigenvalue weighted by atomic mass is 32.1. The van der Waals surface area contributed by atoms with Crippen LogP contribution in [0.4, 0.5) is 5.69 Å². The van der Waals surface area contributed by atoms with Crippen molar-refractivity contribution in [2.75, 3.05) is 11.9 Å². The van der Waals surface area contributed by atoms with Gasteiger partial charge in [-0.3, -0.25) is 4.79 Å². The highest BCUT2D eigenvalue weighted by molar-refractivity contribution is 7.09. The third-order valence-corrected chi connectivity index (χ3v) is 3.41. The van der Waals surface area contributed by atoms with E-state index in [4.69, 9.17) is 4.74 Å². The summed E-state index contributed by atoms with van der Waals surface area (Å²) in [5.41, 5.74) is 1.64. The maximum absolute atomic E-state index is 11.9.